The number of benzene rings is 3. The van der Waals surface area contributed by atoms with Gasteiger partial charge in [-0.1, -0.05) is 36.4 Å². The summed E-state index contributed by atoms with van der Waals surface area (Å²) in [5.41, 5.74) is 5.00. The lowest BCUT2D eigenvalue weighted by molar-refractivity contribution is 0.0853. The van der Waals surface area contributed by atoms with Crippen LogP contribution in [-0.4, -0.2) is 21.0 Å². The summed E-state index contributed by atoms with van der Waals surface area (Å²) in [5.74, 6) is -0.232. The third-order valence-corrected chi connectivity index (χ3v) is 5.22. The summed E-state index contributed by atoms with van der Waals surface area (Å²) in [7, 11) is 0. The van der Waals surface area contributed by atoms with Crippen LogP contribution in [0.15, 0.2) is 48.5 Å². The molecule has 3 heterocycles. The summed E-state index contributed by atoms with van der Waals surface area (Å²) < 4.78 is 0. The number of hydrogen-bond acceptors (Lipinski definition) is 2. The van der Waals surface area contributed by atoms with Crippen molar-refractivity contribution in [2.45, 2.75) is 6.23 Å². The van der Waals surface area contributed by atoms with Gasteiger partial charge in [-0.3, -0.25) is 4.79 Å². The van der Waals surface area contributed by atoms with Gasteiger partial charge in [0, 0.05) is 38.1 Å². The van der Waals surface area contributed by atoms with Gasteiger partial charge in [0.25, 0.3) is 5.91 Å². The lowest BCUT2D eigenvalue weighted by atomic mass is 9.96. The van der Waals surface area contributed by atoms with Crippen LogP contribution < -0.4 is 5.32 Å². The number of aliphatic hydroxyl groups excluding tert-OH is 1. The van der Waals surface area contributed by atoms with Gasteiger partial charge < -0.3 is 20.4 Å². The lowest BCUT2D eigenvalue weighted by Crippen LogP contribution is -2.18. The van der Waals surface area contributed by atoms with E-state index in [4.69, 9.17) is 0 Å². The Bertz CT molecular complexity index is 1360. The Labute approximate surface area is 141 Å². The SMILES string of the molecule is O=C1N[C@H](O)c2c1c1c3ccccc3[nH]c1c1[nH]c3ccccc3c21. The second kappa shape index (κ2) is 4.20. The topological polar surface area (TPSA) is 80.9 Å². The Morgan fingerprint density at radius 1 is 0.800 bits per heavy atom. The summed E-state index contributed by atoms with van der Waals surface area (Å²) in [6, 6.07) is 15.9. The van der Waals surface area contributed by atoms with Crippen LogP contribution in [-0.2, 0) is 0 Å². The molecule has 0 unspecified atom stereocenters. The van der Waals surface area contributed by atoms with Crippen molar-refractivity contribution in [3.63, 3.8) is 0 Å². The number of para-hydroxylation sites is 2. The molecule has 0 aliphatic carbocycles. The largest absolute Gasteiger partial charge is 0.369 e. The highest BCUT2D eigenvalue weighted by molar-refractivity contribution is 6.30. The molecule has 1 amide bonds. The average Bonchev–Trinajstić information content (AvgIpc) is 3.26. The van der Waals surface area contributed by atoms with E-state index >= 15 is 0 Å². The molecular formula is C20H13N3O2. The third kappa shape index (κ3) is 1.45. The molecule has 25 heavy (non-hydrogen) atoms. The molecule has 0 spiro atoms. The zero-order valence-electron chi connectivity index (χ0n) is 13.1. The molecule has 1 aliphatic heterocycles. The number of aromatic nitrogens is 2. The molecule has 1 atom stereocenters. The predicted octanol–water partition coefficient (Wildman–Crippen LogP) is 3.69. The quantitative estimate of drug-likeness (QED) is 0.350. The first-order chi connectivity index (χ1) is 12.2. The first-order valence-electron chi connectivity index (χ1n) is 8.19. The Morgan fingerprint density at radius 2 is 1.36 bits per heavy atom. The van der Waals surface area contributed by atoms with Crippen LogP contribution in [0.4, 0.5) is 0 Å². The Balaban J connectivity index is 2.02. The van der Waals surface area contributed by atoms with Gasteiger partial charge in [0.15, 0.2) is 6.23 Å². The van der Waals surface area contributed by atoms with Crippen LogP contribution in [0, 0.1) is 0 Å². The van der Waals surface area contributed by atoms with E-state index in [1.165, 1.54) is 0 Å². The summed E-state index contributed by atoms with van der Waals surface area (Å²) in [6.45, 7) is 0. The van der Waals surface area contributed by atoms with E-state index in [1.807, 2.05) is 48.5 Å². The van der Waals surface area contributed by atoms with Gasteiger partial charge in [0.2, 0.25) is 0 Å². The normalized spacial score (nSPS) is 17.0. The second-order valence-corrected chi connectivity index (χ2v) is 6.51. The molecule has 5 aromatic rings. The highest BCUT2D eigenvalue weighted by atomic mass is 16.3. The molecule has 5 heteroatoms. The molecule has 6 rings (SSSR count). The van der Waals surface area contributed by atoms with Gasteiger partial charge in [0.05, 0.1) is 16.6 Å². The molecule has 0 bridgehead atoms. The summed E-state index contributed by atoms with van der Waals surface area (Å²) in [5, 5.41) is 17.0. The third-order valence-electron chi connectivity index (χ3n) is 5.22. The number of aliphatic hydroxyl groups is 1. The molecule has 3 aromatic carbocycles. The molecule has 120 valence electrons. The van der Waals surface area contributed by atoms with Crippen molar-refractivity contribution in [2.24, 2.45) is 0 Å². The summed E-state index contributed by atoms with van der Waals surface area (Å²) in [6.07, 6.45) is -0.998. The number of hydrogen-bond donors (Lipinski definition) is 4. The standard InChI is InChI=1S/C20H13N3O2/c24-19-15-13-9-5-1-3-7-11(9)21-17(13)18-14(16(15)20(25)23-19)10-6-2-4-8-12(10)22-18/h1-8,19,21-22,24H,(H,23,25)/t19-/m1/s1. The molecular weight excluding hydrogens is 314 g/mol. The Kier molecular flexibility index (Phi) is 2.19. The van der Waals surface area contributed by atoms with Crippen LogP contribution in [0.5, 0.6) is 0 Å². The fraction of sp³-hybridized carbons (Fsp3) is 0.0500. The molecule has 0 saturated heterocycles. The number of fused-ring (bicyclic) bond motifs is 10. The molecule has 0 radical (unpaired) electrons. The van der Waals surface area contributed by atoms with Crippen molar-refractivity contribution >= 4 is 49.5 Å². The smallest absolute Gasteiger partial charge is 0.254 e. The van der Waals surface area contributed by atoms with Crippen molar-refractivity contribution in [1.82, 2.24) is 15.3 Å². The number of carbonyl (C=O) groups excluding carboxylic acids is 1. The van der Waals surface area contributed by atoms with Crippen molar-refractivity contribution in [1.29, 1.82) is 0 Å². The van der Waals surface area contributed by atoms with E-state index in [2.05, 4.69) is 15.3 Å². The maximum atomic E-state index is 12.6. The van der Waals surface area contributed by atoms with Crippen LogP contribution >= 0.6 is 0 Å². The minimum Gasteiger partial charge on any atom is -0.369 e. The van der Waals surface area contributed by atoms with Crippen molar-refractivity contribution in [3.05, 3.63) is 59.7 Å². The first kappa shape index (κ1) is 13.0. The zero-order valence-corrected chi connectivity index (χ0v) is 13.1. The van der Waals surface area contributed by atoms with Crippen molar-refractivity contribution in [3.8, 4) is 0 Å². The van der Waals surface area contributed by atoms with Crippen LogP contribution in [0.25, 0.3) is 43.6 Å². The van der Waals surface area contributed by atoms with Crippen molar-refractivity contribution < 1.29 is 9.90 Å². The molecule has 2 aromatic heterocycles. The van der Waals surface area contributed by atoms with Crippen LogP contribution in [0.1, 0.15) is 22.1 Å². The van der Waals surface area contributed by atoms with E-state index in [1.54, 1.807) is 0 Å². The van der Waals surface area contributed by atoms with E-state index < -0.39 is 6.23 Å². The van der Waals surface area contributed by atoms with Crippen LogP contribution in [0.3, 0.4) is 0 Å². The summed E-state index contributed by atoms with van der Waals surface area (Å²) in [4.78, 5) is 19.6. The number of aromatic amines is 2. The monoisotopic (exact) mass is 327 g/mol. The number of H-pyrrole nitrogens is 2. The van der Waals surface area contributed by atoms with E-state index in [0.29, 0.717) is 11.1 Å². The Hall–Kier alpha value is -3.31. The maximum absolute atomic E-state index is 12.6. The highest BCUT2D eigenvalue weighted by Gasteiger charge is 2.34. The van der Waals surface area contributed by atoms with Gasteiger partial charge >= 0.3 is 0 Å². The minimum atomic E-state index is -0.998. The van der Waals surface area contributed by atoms with Gasteiger partial charge in [0.1, 0.15) is 0 Å². The highest BCUT2D eigenvalue weighted by Crippen LogP contribution is 2.44. The molecule has 0 saturated carbocycles. The zero-order chi connectivity index (χ0) is 16.7. The van der Waals surface area contributed by atoms with Crippen molar-refractivity contribution in [2.75, 3.05) is 0 Å². The fourth-order valence-corrected chi connectivity index (χ4v) is 4.24. The van der Waals surface area contributed by atoms with E-state index in [9.17, 15) is 9.90 Å². The van der Waals surface area contributed by atoms with Gasteiger partial charge in [-0.05, 0) is 12.1 Å². The number of carbonyl (C=O) groups is 1. The minimum absolute atomic E-state index is 0.232. The molecule has 5 nitrogen and oxygen atoms in total. The average molecular weight is 327 g/mol. The maximum Gasteiger partial charge on any atom is 0.254 e. The van der Waals surface area contributed by atoms with Gasteiger partial charge in [-0.25, -0.2) is 0 Å². The first-order valence-corrected chi connectivity index (χ1v) is 8.19. The number of nitrogens with one attached hydrogen (secondary N) is 3. The molecule has 4 N–H and O–H groups in total. The van der Waals surface area contributed by atoms with Crippen LogP contribution in [0.2, 0.25) is 0 Å². The lowest BCUT2D eigenvalue weighted by Gasteiger charge is -2.07. The second-order valence-electron chi connectivity index (χ2n) is 6.51. The van der Waals surface area contributed by atoms with E-state index in [0.717, 1.165) is 43.6 Å². The number of rotatable bonds is 0. The Morgan fingerprint density at radius 3 is 2.04 bits per heavy atom. The van der Waals surface area contributed by atoms with Gasteiger partial charge in [-0.15, -0.1) is 0 Å². The molecule has 0 fully saturated rings. The van der Waals surface area contributed by atoms with E-state index in [-0.39, 0.29) is 5.91 Å². The fourth-order valence-electron chi connectivity index (χ4n) is 4.24. The molecule has 1 aliphatic rings. The van der Waals surface area contributed by atoms with Gasteiger partial charge in [-0.2, -0.15) is 0 Å². The predicted molar refractivity (Wildman–Crippen MR) is 97.6 cm³/mol. The number of amides is 1. The summed E-state index contributed by atoms with van der Waals surface area (Å²) >= 11 is 0.